The molecule has 116 valence electrons. The maximum atomic E-state index is 13.7. The van der Waals surface area contributed by atoms with Crippen molar-refractivity contribution in [1.82, 2.24) is 4.90 Å². The quantitative estimate of drug-likeness (QED) is 0.755. The number of ketones is 1. The SMILES string of the molecule is CC(CN(C)CC1CCCCO1)C(=O)c1ccccc1F. The summed E-state index contributed by atoms with van der Waals surface area (Å²) in [4.78, 5) is 14.4. The Balaban J connectivity index is 1.86. The zero-order valence-electron chi connectivity index (χ0n) is 12.8. The molecule has 0 spiro atoms. The molecule has 0 radical (unpaired) electrons. The lowest BCUT2D eigenvalue weighted by molar-refractivity contribution is -0.00293. The molecular formula is C17H24FNO2. The number of halogens is 1. The van der Waals surface area contributed by atoms with Crippen LogP contribution in [0.15, 0.2) is 24.3 Å². The van der Waals surface area contributed by atoms with Gasteiger partial charge in [-0.2, -0.15) is 0 Å². The molecule has 0 saturated carbocycles. The van der Waals surface area contributed by atoms with Crippen LogP contribution >= 0.6 is 0 Å². The van der Waals surface area contributed by atoms with Crippen LogP contribution in [0.4, 0.5) is 4.39 Å². The zero-order chi connectivity index (χ0) is 15.2. The van der Waals surface area contributed by atoms with Crippen molar-refractivity contribution in [3.05, 3.63) is 35.6 Å². The van der Waals surface area contributed by atoms with E-state index in [1.807, 2.05) is 14.0 Å². The highest BCUT2D eigenvalue weighted by Gasteiger charge is 2.22. The molecule has 2 atom stereocenters. The molecule has 0 amide bonds. The summed E-state index contributed by atoms with van der Waals surface area (Å²) in [5.41, 5.74) is 0.187. The van der Waals surface area contributed by atoms with E-state index in [1.165, 1.54) is 12.5 Å². The van der Waals surface area contributed by atoms with Gasteiger partial charge in [-0.3, -0.25) is 4.79 Å². The van der Waals surface area contributed by atoms with Gasteiger partial charge < -0.3 is 9.64 Å². The summed E-state index contributed by atoms with van der Waals surface area (Å²) in [7, 11) is 1.99. The van der Waals surface area contributed by atoms with Crippen molar-refractivity contribution in [2.45, 2.75) is 32.3 Å². The van der Waals surface area contributed by atoms with Crippen LogP contribution in [0.1, 0.15) is 36.5 Å². The van der Waals surface area contributed by atoms with Crippen molar-refractivity contribution in [3.63, 3.8) is 0 Å². The number of ether oxygens (including phenoxy) is 1. The summed E-state index contributed by atoms with van der Waals surface area (Å²) in [6.07, 6.45) is 3.70. The fraction of sp³-hybridized carbons (Fsp3) is 0.588. The minimum Gasteiger partial charge on any atom is -0.377 e. The van der Waals surface area contributed by atoms with E-state index in [-0.39, 0.29) is 23.4 Å². The number of benzene rings is 1. The molecule has 1 saturated heterocycles. The number of carbonyl (C=O) groups excluding carboxylic acids is 1. The van der Waals surface area contributed by atoms with E-state index in [2.05, 4.69) is 4.90 Å². The first-order chi connectivity index (χ1) is 10.1. The van der Waals surface area contributed by atoms with Crippen molar-refractivity contribution in [1.29, 1.82) is 0 Å². The third kappa shape index (κ3) is 4.61. The standard InChI is InChI=1S/C17H24FNO2/c1-13(17(20)15-8-3-4-9-16(15)18)11-19(2)12-14-7-5-6-10-21-14/h3-4,8-9,13-14H,5-7,10-12H2,1-2H3. The molecule has 0 bridgehead atoms. The van der Waals surface area contributed by atoms with Crippen LogP contribution in [0.2, 0.25) is 0 Å². The Bertz CT molecular complexity index is 472. The Hall–Kier alpha value is -1.26. The molecule has 4 heteroatoms. The molecule has 21 heavy (non-hydrogen) atoms. The molecule has 3 nitrogen and oxygen atoms in total. The molecule has 1 aliphatic rings. The molecule has 0 N–H and O–H groups in total. The summed E-state index contributed by atoms with van der Waals surface area (Å²) in [6, 6.07) is 6.18. The Labute approximate surface area is 126 Å². The summed E-state index contributed by atoms with van der Waals surface area (Å²) < 4.78 is 19.4. The van der Waals surface area contributed by atoms with Crippen molar-refractivity contribution in [2.75, 3.05) is 26.7 Å². The van der Waals surface area contributed by atoms with Crippen LogP contribution in [0.3, 0.4) is 0 Å². The summed E-state index contributed by atoms with van der Waals surface area (Å²) >= 11 is 0. The predicted molar refractivity (Wildman–Crippen MR) is 81.0 cm³/mol. The van der Waals surface area contributed by atoms with Gasteiger partial charge in [0.1, 0.15) is 5.82 Å². The topological polar surface area (TPSA) is 29.5 Å². The Kier molecular flexibility index (Phi) is 5.88. The molecule has 1 aromatic rings. The summed E-state index contributed by atoms with van der Waals surface area (Å²) in [5, 5.41) is 0. The van der Waals surface area contributed by atoms with Crippen molar-refractivity contribution >= 4 is 5.78 Å². The maximum absolute atomic E-state index is 13.7. The highest BCUT2D eigenvalue weighted by Crippen LogP contribution is 2.16. The lowest BCUT2D eigenvalue weighted by Crippen LogP contribution is -2.37. The number of Topliss-reactive ketones (excluding diaryl/α,β-unsaturated/α-hetero) is 1. The van der Waals surface area contributed by atoms with E-state index in [1.54, 1.807) is 18.2 Å². The number of likely N-dealkylation sites (N-methyl/N-ethyl adjacent to an activating group) is 1. The van der Waals surface area contributed by atoms with Gasteiger partial charge in [-0.15, -0.1) is 0 Å². The van der Waals surface area contributed by atoms with Gasteiger partial charge in [0, 0.05) is 25.6 Å². The highest BCUT2D eigenvalue weighted by atomic mass is 19.1. The van der Waals surface area contributed by atoms with Gasteiger partial charge in [0.15, 0.2) is 5.78 Å². The average Bonchev–Trinajstić information content (AvgIpc) is 2.48. The Morgan fingerprint density at radius 2 is 2.19 bits per heavy atom. The number of nitrogens with zero attached hydrogens (tertiary/aromatic N) is 1. The minimum absolute atomic E-state index is 0.135. The molecular weight excluding hydrogens is 269 g/mol. The van der Waals surface area contributed by atoms with E-state index in [4.69, 9.17) is 4.74 Å². The minimum atomic E-state index is -0.437. The van der Waals surface area contributed by atoms with E-state index in [9.17, 15) is 9.18 Å². The third-order valence-corrected chi connectivity index (χ3v) is 3.96. The highest BCUT2D eigenvalue weighted by molar-refractivity contribution is 5.98. The van der Waals surface area contributed by atoms with E-state index in [0.717, 1.165) is 26.0 Å². The smallest absolute Gasteiger partial charge is 0.169 e. The van der Waals surface area contributed by atoms with Crippen LogP contribution in [0.5, 0.6) is 0 Å². The number of rotatable bonds is 6. The molecule has 0 aromatic heterocycles. The van der Waals surface area contributed by atoms with Gasteiger partial charge in [0.2, 0.25) is 0 Å². The van der Waals surface area contributed by atoms with Crippen LogP contribution < -0.4 is 0 Å². The second-order valence-electron chi connectivity index (χ2n) is 5.95. The lowest BCUT2D eigenvalue weighted by Gasteiger charge is -2.28. The van der Waals surface area contributed by atoms with Crippen LogP contribution in [-0.4, -0.2) is 43.5 Å². The van der Waals surface area contributed by atoms with E-state index in [0.29, 0.717) is 6.54 Å². The Morgan fingerprint density at radius 3 is 2.86 bits per heavy atom. The molecule has 0 aliphatic carbocycles. The normalized spacial score (nSPS) is 20.5. The largest absolute Gasteiger partial charge is 0.377 e. The van der Waals surface area contributed by atoms with Gasteiger partial charge in [-0.05, 0) is 38.4 Å². The third-order valence-electron chi connectivity index (χ3n) is 3.96. The van der Waals surface area contributed by atoms with Crippen LogP contribution in [0.25, 0.3) is 0 Å². The number of hydrogen-bond donors (Lipinski definition) is 0. The average molecular weight is 293 g/mol. The Morgan fingerprint density at radius 1 is 1.43 bits per heavy atom. The van der Waals surface area contributed by atoms with Gasteiger partial charge in [-0.1, -0.05) is 19.1 Å². The second-order valence-corrected chi connectivity index (χ2v) is 5.95. The molecule has 1 aromatic carbocycles. The van der Waals surface area contributed by atoms with E-state index >= 15 is 0 Å². The zero-order valence-corrected chi connectivity index (χ0v) is 12.8. The van der Waals surface area contributed by atoms with Gasteiger partial charge >= 0.3 is 0 Å². The first kappa shape index (κ1) is 16.1. The molecule has 2 rings (SSSR count). The van der Waals surface area contributed by atoms with Gasteiger partial charge in [0.05, 0.1) is 11.7 Å². The predicted octanol–water partition coefficient (Wildman–Crippen LogP) is 3.15. The van der Waals surface area contributed by atoms with Crippen LogP contribution in [-0.2, 0) is 4.74 Å². The summed E-state index contributed by atoms with van der Waals surface area (Å²) in [6.45, 7) is 4.14. The number of hydrogen-bond acceptors (Lipinski definition) is 3. The van der Waals surface area contributed by atoms with E-state index < -0.39 is 5.82 Å². The first-order valence-electron chi connectivity index (χ1n) is 7.67. The van der Waals surface area contributed by atoms with Crippen molar-refractivity contribution < 1.29 is 13.9 Å². The van der Waals surface area contributed by atoms with Crippen molar-refractivity contribution in [2.24, 2.45) is 5.92 Å². The molecule has 1 heterocycles. The second kappa shape index (κ2) is 7.66. The molecule has 1 aliphatic heterocycles. The van der Waals surface area contributed by atoms with Gasteiger partial charge in [-0.25, -0.2) is 4.39 Å². The fourth-order valence-electron chi connectivity index (χ4n) is 2.85. The maximum Gasteiger partial charge on any atom is 0.169 e. The monoisotopic (exact) mass is 293 g/mol. The summed E-state index contributed by atoms with van der Waals surface area (Å²) in [5.74, 6) is -0.798. The number of carbonyl (C=O) groups is 1. The first-order valence-corrected chi connectivity index (χ1v) is 7.67. The molecule has 2 unspecified atom stereocenters. The molecule has 1 fully saturated rings. The fourth-order valence-corrected chi connectivity index (χ4v) is 2.85. The van der Waals surface area contributed by atoms with Crippen molar-refractivity contribution in [3.8, 4) is 0 Å². The lowest BCUT2D eigenvalue weighted by atomic mass is 9.98. The van der Waals surface area contributed by atoms with Crippen LogP contribution in [0, 0.1) is 11.7 Å². The van der Waals surface area contributed by atoms with Gasteiger partial charge in [0.25, 0.3) is 0 Å².